The molecule has 0 aliphatic carbocycles. The molecular weight excluding hydrogens is 319 g/mol. The fourth-order valence-corrected chi connectivity index (χ4v) is 2.43. The Bertz CT molecular complexity index is 554. The maximum Gasteiger partial charge on any atom is 0.321 e. The van der Waals surface area contributed by atoms with Crippen LogP contribution in [0.15, 0.2) is 18.2 Å². The van der Waals surface area contributed by atoms with Gasteiger partial charge in [-0.15, -0.1) is 11.8 Å². The van der Waals surface area contributed by atoms with Crippen molar-refractivity contribution in [3.8, 4) is 0 Å². The number of benzene rings is 1. The second kappa shape index (κ2) is 7.11. The van der Waals surface area contributed by atoms with Gasteiger partial charge in [0.15, 0.2) is 0 Å². The molecule has 0 radical (unpaired) electrons. The zero-order valence-corrected chi connectivity index (χ0v) is 13.1. The second-order valence-corrected chi connectivity index (χ2v) is 6.95. The number of amides is 1. The van der Waals surface area contributed by atoms with Gasteiger partial charge >= 0.3 is 5.97 Å². The molecule has 0 saturated carbocycles. The summed E-state index contributed by atoms with van der Waals surface area (Å²) in [6, 6.07) is 2.79. The van der Waals surface area contributed by atoms with Crippen molar-refractivity contribution in [3.63, 3.8) is 0 Å². The minimum absolute atomic E-state index is 0.0188. The minimum atomic E-state index is -1.14. The lowest BCUT2D eigenvalue weighted by Gasteiger charge is -2.27. The number of hydrogen-bond donors (Lipinski definition) is 3. The van der Waals surface area contributed by atoms with Gasteiger partial charge < -0.3 is 16.2 Å². The number of anilines is 1. The Morgan fingerprint density at radius 2 is 2.14 bits per heavy atom. The molecule has 21 heavy (non-hydrogen) atoms. The quantitative estimate of drug-likeness (QED) is 0.742. The number of nitrogens with two attached hydrogens (primary N) is 1. The number of hydrogen-bond acceptors (Lipinski definition) is 4. The SMILES string of the molecule is CC(C)(SCC(=O)Nc1ccc(Cl)cc1F)[C@H](N)C(=O)O. The van der Waals surface area contributed by atoms with Gasteiger partial charge in [0, 0.05) is 9.77 Å². The molecule has 0 aliphatic heterocycles. The fourth-order valence-electron chi connectivity index (χ4n) is 1.42. The van der Waals surface area contributed by atoms with E-state index in [0.717, 1.165) is 17.8 Å². The van der Waals surface area contributed by atoms with E-state index in [0.29, 0.717) is 0 Å². The molecule has 4 N–H and O–H groups in total. The molecule has 1 aromatic rings. The van der Waals surface area contributed by atoms with Gasteiger partial charge in [0.05, 0.1) is 11.4 Å². The molecular formula is C13H16ClFN2O3S. The Balaban J connectivity index is 2.60. The smallest absolute Gasteiger partial charge is 0.321 e. The summed E-state index contributed by atoms with van der Waals surface area (Å²) >= 11 is 6.70. The van der Waals surface area contributed by atoms with Crippen LogP contribution in [0.4, 0.5) is 10.1 Å². The fraction of sp³-hybridized carbons (Fsp3) is 0.385. The standard InChI is InChI=1S/C13H16ClFN2O3S/c1-13(2,11(16)12(19)20)21-6-10(18)17-9-4-3-7(14)5-8(9)15/h3-5,11H,6,16H2,1-2H3,(H,17,18)(H,19,20)/t11-/m1/s1. The highest BCUT2D eigenvalue weighted by Crippen LogP contribution is 2.27. The summed E-state index contributed by atoms with van der Waals surface area (Å²) in [6.45, 7) is 3.26. The number of carboxylic acid groups (broad SMARTS) is 1. The van der Waals surface area contributed by atoms with Crippen LogP contribution in [0.3, 0.4) is 0 Å². The van der Waals surface area contributed by atoms with Crippen LogP contribution in [0, 0.1) is 5.82 Å². The summed E-state index contributed by atoms with van der Waals surface area (Å²) in [5.41, 5.74) is 5.57. The first kappa shape index (κ1) is 17.7. The average molecular weight is 335 g/mol. The number of aliphatic carboxylic acids is 1. The van der Waals surface area contributed by atoms with E-state index in [2.05, 4.69) is 5.32 Å². The van der Waals surface area contributed by atoms with Gasteiger partial charge in [-0.1, -0.05) is 11.6 Å². The summed E-state index contributed by atoms with van der Waals surface area (Å²) in [5.74, 6) is -2.28. The van der Waals surface area contributed by atoms with Gasteiger partial charge in [0.2, 0.25) is 5.91 Å². The molecule has 1 aromatic carbocycles. The van der Waals surface area contributed by atoms with E-state index in [-0.39, 0.29) is 16.5 Å². The zero-order valence-electron chi connectivity index (χ0n) is 11.5. The molecule has 0 spiro atoms. The van der Waals surface area contributed by atoms with E-state index < -0.39 is 28.5 Å². The molecule has 0 aromatic heterocycles. The third-order valence-corrected chi connectivity index (χ3v) is 4.44. The molecule has 8 heteroatoms. The maximum atomic E-state index is 13.5. The highest BCUT2D eigenvalue weighted by atomic mass is 35.5. The van der Waals surface area contributed by atoms with Crippen LogP contribution in [0.2, 0.25) is 5.02 Å². The third-order valence-electron chi connectivity index (χ3n) is 2.80. The van der Waals surface area contributed by atoms with Crippen molar-refractivity contribution >= 4 is 40.9 Å². The van der Waals surface area contributed by atoms with E-state index in [9.17, 15) is 14.0 Å². The van der Waals surface area contributed by atoms with Crippen molar-refractivity contribution < 1.29 is 19.1 Å². The van der Waals surface area contributed by atoms with Crippen molar-refractivity contribution in [3.05, 3.63) is 29.0 Å². The lowest BCUT2D eigenvalue weighted by atomic mass is 10.1. The van der Waals surface area contributed by atoms with Crippen LogP contribution in [0.5, 0.6) is 0 Å². The third kappa shape index (κ3) is 5.18. The van der Waals surface area contributed by atoms with Gasteiger partial charge in [-0.3, -0.25) is 9.59 Å². The summed E-state index contributed by atoms with van der Waals surface area (Å²) in [5, 5.41) is 11.5. The molecule has 116 valence electrons. The highest BCUT2D eigenvalue weighted by molar-refractivity contribution is 8.01. The number of carbonyl (C=O) groups excluding carboxylic acids is 1. The number of carboxylic acids is 1. The first-order chi connectivity index (χ1) is 9.63. The lowest BCUT2D eigenvalue weighted by Crippen LogP contribution is -2.47. The van der Waals surface area contributed by atoms with Crippen LogP contribution in [0.1, 0.15) is 13.8 Å². The number of nitrogens with one attached hydrogen (secondary N) is 1. The Hall–Kier alpha value is -1.31. The van der Waals surface area contributed by atoms with E-state index in [1.54, 1.807) is 13.8 Å². The molecule has 0 saturated heterocycles. The van der Waals surface area contributed by atoms with E-state index in [1.165, 1.54) is 12.1 Å². The monoisotopic (exact) mass is 334 g/mol. The molecule has 5 nitrogen and oxygen atoms in total. The van der Waals surface area contributed by atoms with E-state index in [1.807, 2.05) is 0 Å². The van der Waals surface area contributed by atoms with Crippen LogP contribution < -0.4 is 11.1 Å². The van der Waals surface area contributed by atoms with Crippen molar-refractivity contribution in [2.24, 2.45) is 5.73 Å². The topological polar surface area (TPSA) is 92.4 Å². The van der Waals surface area contributed by atoms with E-state index in [4.69, 9.17) is 22.4 Å². The molecule has 0 aliphatic rings. The lowest BCUT2D eigenvalue weighted by molar-refractivity contribution is -0.139. The van der Waals surface area contributed by atoms with E-state index >= 15 is 0 Å². The molecule has 0 fully saturated rings. The predicted octanol–water partition coefficient (Wildman–Crippen LogP) is 2.34. The van der Waals surface area contributed by atoms with Gasteiger partial charge in [0.25, 0.3) is 0 Å². The molecule has 0 heterocycles. The van der Waals surface area contributed by atoms with Crippen molar-refractivity contribution in [2.45, 2.75) is 24.6 Å². The number of rotatable bonds is 6. The Labute approximate surface area is 131 Å². The van der Waals surface area contributed by atoms with Crippen LogP contribution in [-0.4, -0.2) is 33.5 Å². The molecule has 0 unspecified atom stereocenters. The van der Waals surface area contributed by atoms with Crippen LogP contribution in [-0.2, 0) is 9.59 Å². The number of halogens is 2. The van der Waals surface area contributed by atoms with Gasteiger partial charge in [-0.05, 0) is 32.0 Å². The second-order valence-electron chi connectivity index (χ2n) is 4.88. The first-order valence-electron chi connectivity index (χ1n) is 6.00. The summed E-state index contributed by atoms with van der Waals surface area (Å²) in [6.07, 6.45) is 0. The highest BCUT2D eigenvalue weighted by Gasteiger charge is 2.33. The van der Waals surface area contributed by atoms with Crippen molar-refractivity contribution in [1.82, 2.24) is 0 Å². The van der Waals surface area contributed by atoms with Gasteiger partial charge in [0.1, 0.15) is 11.9 Å². The molecule has 1 amide bonds. The Morgan fingerprint density at radius 3 is 2.67 bits per heavy atom. The largest absolute Gasteiger partial charge is 0.480 e. The number of thioether (sulfide) groups is 1. The molecule has 0 bridgehead atoms. The van der Waals surface area contributed by atoms with Gasteiger partial charge in [-0.2, -0.15) is 0 Å². The zero-order chi connectivity index (χ0) is 16.2. The maximum absolute atomic E-state index is 13.5. The van der Waals surface area contributed by atoms with Crippen molar-refractivity contribution in [2.75, 3.05) is 11.1 Å². The van der Waals surface area contributed by atoms with Crippen molar-refractivity contribution in [1.29, 1.82) is 0 Å². The summed E-state index contributed by atoms with van der Waals surface area (Å²) in [7, 11) is 0. The summed E-state index contributed by atoms with van der Waals surface area (Å²) < 4.78 is 12.7. The average Bonchev–Trinajstić information content (AvgIpc) is 2.39. The minimum Gasteiger partial charge on any atom is -0.480 e. The van der Waals surface area contributed by atoms with Crippen LogP contribution >= 0.6 is 23.4 Å². The summed E-state index contributed by atoms with van der Waals surface area (Å²) in [4.78, 5) is 22.6. The van der Waals surface area contributed by atoms with Gasteiger partial charge in [-0.25, -0.2) is 4.39 Å². The number of carbonyl (C=O) groups is 2. The first-order valence-corrected chi connectivity index (χ1v) is 7.37. The Kier molecular flexibility index (Phi) is 6.00. The molecule has 1 atom stereocenters. The normalized spacial score (nSPS) is 12.8. The Morgan fingerprint density at radius 1 is 1.52 bits per heavy atom. The van der Waals surface area contributed by atoms with Crippen LogP contribution in [0.25, 0.3) is 0 Å². The molecule has 1 rings (SSSR count). The predicted molar refractivity (Wildman–Crippen MR) is 82.2 cm³/mol.